The fourth-order valence-electron chi connectivity index (χ4n) is 3.35. The number of fused-ring (bicyclic) bond motifs is 8. The molecule has 1 N–H and O–H groups in total. The maximum absolute atomic E-state index is 11.8. The summed E-state index contributed by atoms with van der Waals surface area (Å²) in [5.74, 6) is -0.847. The van der Waals surface area contributed by atoms with Crippen molar-refractivity contribution in [2.75, 3.05) is 0 Å². The average Bonchev–Trinajstić information content (AvgIpc) is 3.46. The number of hydrogen-bond donors (Lipinski definition) is 1. The summed E-state index contributed by atoms with van der Waals surface area (Å²) < 4.78 is 0. The smallest absolute Gasteiger partial charge is 0.373 e. The van der Waals surface area contributed by atoms with Gasteiger partial charge in [0.15, 0.2) is 0 Å². The topological polar surface area (TPSA) is 106 Å². The molecule has 0 aliphatic heterocycles. The minimum atomic E-state index is -0.847. The van der Waals surface area contributed by atoms with Crippen LogP contribution in [-0.2, 0) is 19.2 Å². The summed E-state index contributed by atoms with van der Waals surface area (Å²) in [7, 11) is 0. The van der Waals surface area contributed by atoms with E-state index >= 15 is 0 Å². The molecule has 30 heavy (non-hydrogen) atoms. The Balaban J connectivity index is 0.000000385. The highest BCUT2D eigenvalue weighted by molar-refractivity contribution is 7.14. The van der Waals surface area contributed by atoms with Crippen molar-refractivity contribution in [1.82, 2.24) is 0 Å². The van der Waals surface area contributed by atoms with Crippen LogP contribution < -0.4 is 0 Å². The van der Waals surface area contributed by atoms with E-state index < -0.39 is 5.97 Å². The van der Waals surface area contributed by atoms with Crippen LogP contribution in [0.15, 0.2) is 32.3 Å². The van der Waals surface area contributed by atoms with E-state index in [-0.39, 0.29) is 12.3 Å². The molecule has 150 valence electrons. The SMILES string of the molecule is Cc1scc2c1-c1c(csc1C(=O)O)-c1cscc1-c1cscc1-2.O=C=O.O=C=O. The van der Waals surface area contributed by atoms with Crippen molar-refractivity contribution in [3.05, 3.63) is 42.0 Å². The Kier molecular flexibility index (Phi) is 6.69. The Hall–Kier alpha value is -2.97. The van der Waals surface area contributed by atoms with Gasteiger partial charge < -0.3 is 5.11 Å². The number of rotatable bonds is 1. The molecule has 0 unspecified atom stereocenters. The molecule has 4 aromatic heterocycles. The molecule has 0 amide bonds. The van der Waals surface area contributed by atoms with Crippen molar-refractivity contribution in [2.24, 2.45) is 0 Å². The number of hydrogen-bond acceptors (Lipinski definition) is 9. The Bertz CT molecular complexity index is 1280. The molecule has 1 aliphatic carbocycles. The Labute approximate surface area is 185 Å². The van der Waals surface area contributed by atoms with Crippen molar-refractivity contribution >= 4 is 63.6 Å². The van der Waals surface area contributed by atoms with Crippen LogP contribution in [0.1, 0.15) is 14.5 Å². The normalized spacial score (nSPS) is 10.0. The van der Waals surface area contributed by atoms with Gasteiger partial charge >= 0.3 is 18.3 Å². The van der Waals surface area contributed by atoms with Gasteiger partial charge in [0, 0.05) is 54.8 Å². The van der Waals surface area contributed by atoms with Gasteiger partial charge in [-0.1, -0.05) is 0 Å². The Morgan fingerprint density at radius 3 is 1.57 bits per heavy atom. The zero-order chi connectivity index (χ0) is 21.8. The van der Waals surface area contributed by atoms with Crippen LogP contribution in [0.2, 0.25) is 0 Å². The minimum absolute atomic E-state index is 0.250. The lowest BCUT2D eigenvalue weighted by Crippen LogP contribution is -1.98. The molecule has 0 radical (unpaired) electrons. The van der Waals surface area contributed by atoms with Crippen molar-refractivity contribution in [3.8, 4) is 44.5 Å². The monoisotopic (exact) mass is 474 g/mol. The number of aryl methyl sites for hydroxylation is 1. The van der Waals surface area contributed by atoms with E-state index in [1.165, 1.54) is 32.9 Å². The zero-order valence-corrected chi connectivity index (χ0v) is 18.4. The van der Waals surface area contributed by atoms with E-state index in [9.17, 15) is 9.90 Å². The second-order valence-electron chi connectivity index (χ2n) is 5.80. The van der Waals surface area contributed by atoms with Gasteiger partial charge in [-0.2, -0.15) is 41.9 Å². The van der Waals surface area contributed by atoms with Gasteiger partial charge in [-0.3, -0.25) is 0 Å². The summed E-state index contributed by atoms with van der Waals surface area (Å²) in [6.45, 7) is 2.08. The maximum atomic E-state index is 11.8. The van der Waals surface area contributed by atoms with Crippen LogP contribution in [0.5, 0.6) is 0 Å². The highest BCUT2D eigenvalue weighted by atomic mass is 32.1. The fraction of sp³-hybridized carbons (Fsp3) is 0.0500. The molecule has 0 fully saturated rings. The number of thiophene rings is 4. The molecule has 0 spiro atoms. The third-order valence-corrected chi connectivity index (χ3v) is 7.77. The zero-order valence-electron chi connectivity index (χ0n) is 15.1. The molecule has 0 bridgehead atoms. The molecule has 6 nitrogen and oxygen atoms in total. The Morgan fingerprint density at radius 1 is 0.700 bits per heavy atom. The third-order valence-electron chi connectivity index (χ3n) is 4.40. The quantitative estimate of drug-likeness (QED) is 0.331. The summed E-state index contributed by atoms with van der Waals surface area (Å²) in [6.07, 6.45) is 0.500. The third kappa shape index (κ3) is 3.64. The van der Waals surface area contributed by atoms with E-state index in [4.69, 9.17) is 19.2 Å². The Morgan fingerprint density at radius 2 is 1.10 bits per heavy atom. The van der Waals surface area contributed by atoms with E-state index in [0.717, 1.165) is 27.8 Å². The average molecular weight is 475 g/mol. The first-order chi connectivity index (χ1) is 14.5. The molecule has 5 rings (SSSR count). The lowest BCUT2D eigenvalue weighted by molar-refractivity contribution is -0.193. The second kappa shape index (κ2) is 9.23. The van der Waals surface area contributed by atoms with Crippen LogP contribution >= 0.6 is 45.3 Å². The molecule has 10 heteroatoms. The van der Waals surface area contributed by atoms with Gasteiger partial charge in [0.1, 0.15) is 4.88 Å². The number of aromatic carboxylic acids is 1. The largest absolute Gasteiger partial charge is 0.477 e. The van der Waals surface area contributed by atoms with Crippen LogP contribution in [0.3, 0.4) is 0 Å². The number of carboxylic acid groups (broad SMARTS) is 1. The minimum Gasteiger partial charge on any atom is -0.477 e. The van der Waals surface area contributed by atoms with Crippen LogP contribution in [0, 0.1) is 6.92 Å². The molecule has 4 heterocycles. The van der Waals surface area contributed by atoms with Crippen molar-refractivity contribution in [1.29, 1.82) is 0 Å². The van der Waals surface area contributed by atoms with E-state index in [0.29, 0.717) is 4.88 Å². The molecule has 0 saturated heterocycles. The first-order valence-corrected chi connectivity index (χ1v) is 11.7. The fourth-order valence-corrected chi connectivity index (χ4v) is 6.83. The molecule has 0 aromatic carbocycles. The molecule has 4 aromatic rings. The van der Waals surface area contributed by atoms with Gasteiger partial charge in [-0.15, -0.1) is 22.7 Å². The molecular formula is C20H10O6S4. The van der Waals surface area contributed by atoms with E-state index in [2.05, 4.69) is 33.8 Å². The summed E-state index contributed by atoms with van der Waals surface area (Å²) in [5, 5.41) is 22.6. The lowest BCUT2D eigenvalue weighted by Gasteiger charge is -2.15. The predicted molar refractivity (Wildman–Crippen MR) is 115 cm³/mol. The molecule has 1 aliphatic rings. The van der Waals surface area contributed by atoms with Crippen molar-refractivity contribution in [3.63, 3.8) is 0 Å². The summed E-state index contributed by atoms with van der Waals surface area (Å²) >= 11 is 6.39. The number of carbonyl (C=O) groups is 1. The van der Waals surface area contributed by atoms with E-state index in [1.807, 2.05) is 5.38 Å². The summed E-state index contributed by atoms with van der Waals surface area (Å²) in [4.78, 5) is 45.9. The molecular weight excluding hydrogens is 464 g/mol. The predicted octanol–water partition coefficient (Wildman–Crippen LogP) is 5.75. The molecule has 0 atom stereocenters. The summed E-state index contributed by atoms with van der Waals surface area (Å²) in [6, 6.07) is 0. The van der Waals surface area contributed by atoms with Crippen LogP contribution in [0.4, 0.5) is 0 Å². The first-order valence-electron chi connectivity index (χ1n) is 8.05. The molecule has 0 saturated carbocycles. The van der Waals surface area contributed by atoms with Gasteiger partial charge in [0.25, 0.3) is 0 Å². The number of carbonyl (C=O) groups excluding carboxylic acids is 4. The summed E-state index contributed by atoms with van der Waals surface area (Å²) in [5.41, 5.74) is 9.01. The first kappa shape index (κ1) is 21.7. The van der Waals surface area contributed by atoms with Gasteiger partial charge in [0.05, 0.1) is 0 Å². The van der Waals surface area contributed by atoms with Crippen LogP contribution in [-0.4, -0.2) is 23.4 Å². The standard InChI is InChI=1S/C18H10O2S4.2CO2/c1-8-15-13(6-23-8)11-4-21-2-9(11)10-3-22-5-12(10)14-7-24-17(16(14)15)18(19)20;2*2-1-3/h2-7H,1H3,(H,19,20);;. The number of carboxylic acids is 1. The lowest BCUT2D eigenvalue weighted by atomic mass is 9.86. The van der Waals surface area contributed by atoms with Gasteiger partial charge in [0.2, 0.25) is 0 Å². The van der Waals surface area contributed by atoms with Crippen molar-refractivity contribution in [2.45, 2.75) is 6.92 Å². The van der Waals surface area contributed by atoms with Crippen molar-refractivity contribution < 1.29 is 29.1 Å². The van der Waals surface area contributed by atoms with Crippen LogP contribution in [0.25, 0.3) is 44.5 Å². The highest BCUT2D eigenvalue weighted by Crippen LogP contribution is 2.54. The highest BCUT2D eigenvalue weighted by Gasteiger charge is 2.29. The maximum Gasteiger partial charge on any atom is 0.373 e. The van der Waals surface area contributed by atoms with Gasteiger partial charge in [-0.05, 0) is 33.8 Å². The van der Waals surface area contributed by atoms with E-state index in [1.54, 1.807) is 34.0 Å². The second-order valence-corrected chi connectivity index (χ2v) is 9.25. The van der Waals surface area contributed by atoms with Gasteiger partial charge in [-0.25, -0.2) is 4.79 Å².